The maximum absolute atomic E-state index is 8.69. The highest BCUT2D eigenvalue weighted by molar-refractivity contribution is 6.33. The van der Waals surface area contributed by atoms with Gasteiger partial charge in [0.2, 0.25) is 11.6 Å². The maximum Gasteiger partial charge on any atom is 0.216 e. The average molecular weight is 225 g/mol. The van der Waals surface area contributed by atoms with E-state index in [2.05, 4.69) is 11.8 Å². The predicted octanol–water partition coefficient (Wildman–Crippen LogP) is 3.04. The Kier molecular flexibility index (Phi) is 2.88. The van der Waals surface area contributed by atoms with E-state index in [1.807, 2.05) is 6.07 Å². The van der Waals surface area contributed by atoms with E-state index < -0.39 is 0 Å². The van der Waals surface area contributed by atoms with Crippen molar-refractivity contribution in [2.75, 3.05) is 18.0 Å². The summed E-state index contributed by atoms with van der Waals surface area (Å²) in [6.45, 7) is 4.17. The fourth-order valence-electron chi connectivity index (χ4n) is 1.84. The molecule has 4 heteroatoms. The minimum absolute atomic E-state index is 0.286. The van der Waals surface area contributed by atoms with Crippen LogP contribution in [0.2, 0.25) is 5.02 Å². The first-order chi connectivity index (χ1) is 7.20. The molecule has 1 aromatic rings. The third-order valence-corrected chi connectivity index (χ3v) is 3.12. The van der Waals surface area contributed by atoms with Crippen molar-refractivity contribution < 1.29 is 4.42 Å². The fraction of sp³-hybridized carbons (Fsp3) is 0.545. The lowest BCUT2D eigenvalue weighted by molar-refractivity contribution is 0.415. The highest BCUT2D eigenvalue weighted by atomic mass is 35.5. The Bertz CT molecular complexity index is 386. The Morgan fingerprint density at radius 3 is 2.73 bits per heavy atom. The normalized spacial score (nSPS) is 17.8. The van der Waals surface area contributed by atoms with Gasteiger partial charge < -0.3 is 9.32 Å². The molecule has 0 aliphatic carbocycles. The summed E-state index contributed by atoms with van der Waals surface area (Å²) in [4.78, 5) is 2.11. The molecule has 0 radical (unpaired) electrons. The van der Waals surface area contributed by atoms with E-state index >= 15 is 0 Å². The molecule has 2 rings (SSSR count). The van der Waals surface area contributed by atoms with E-state index in [4.69, 9.17) is 21.3 Å². The lowest BCUT2D eigenvalue weighted by Crippen LogP contribution is -2.32. The van der Waals surface area contributed by atoms with Gasteiger partial charge in [0.1, 0.15) is 11.1 Å². The summed E-state index contributed by atoms with van der Waals surface area (Å²) in [5.74, 6) is 1.71. The molecule has 1 fully saturated rings. The van der Waals surface area contributed by atoms with Gasteiger partial charge >= 0.3 is 0 Å². The summed E-state index contributed by atoms with van der Waals surface area (Å²) in [7, 11) is 0. The first-order valence-corrected chi connectivity index (χ1v) is 5.53. The van der Waals surface area contributed by atoms with Crippen molar-refractivity contribution in [2.24, 2.45) is 5.92 Å². The van der Waals surface area contributed by atoms with Crippen LogP contribution in [0.5, 0.6) is 0 Å². The maximum atomic E-state index is 8.69. The largest absolute Gasteiger partial charge is 0.428 e. The fourth-order valence-corrected chi connectivity index (χ4v) is 2.10. The van der Waals surface area contributed by atoms with Gasteiger partial charge in [-0.1, -0.05) is 18.5 Å². The van der Waals surface area contributed by atoms with Crippen LogP contribution in [-0.4, -0.2) is 13.1 Å². The van der Waals surface area contributed by atoms with Gasteiger partial charge in [0, 0.05) is 19.2 Å². The van der Waals surface area contributed by atoms with Gasteiger partial charge in [-0.05, 0) is 18.8 Å². The number of halogens is 1. The van der Waals surface area contributed by atoms with Gasteiger partial charge in [-0.15, -0.1) is 0 Å². The Morgan fingerprint density at radius 2 is 2.20 bits per heavy atom. The number of nitrogens with zero attached hydrogens (tertiary/aromatic N) is 2. The third kappa shape index (κ3) is 2.10. The Labute approximate surface area is 94.2 Å². The van der Waals surface area contributed by atoms with Gasteiger partial charge in [-0.25, -0.2) is 0 Å². The molecule has 2 heterocycles. The lowest BCUT2D eigenvalue weighted by Gasteiger charge is -2.30. The molecule has 1 aliphatic rings. The summed E-state index contributed by atoms with van der Waals surface area (Å²) in [5, 5.41) is 9.24. The Hall–Kier alpha value is -1.14. The summed E-state index contributed by atoms with van der Waals surface area (Å²) >= 11 is 6.01. The number of rotatable bonds is 1. The van der Waals surface area contributed by atoms with Gasteiger partial charge in [0.15, 0.2) is 0 Å². The Morgan fingerprint density at radius 1 is 1.53 bits per heavy atom. The molecule has 3 nitrogen and oxygen atoms in total. The topological polar surface area (TPSA) is 40.2 Å². The van der Waals surface area contributed by atoms with Crippen LogP contribution in [0.25, 0.3) is 0 Å². The first-order valence-electron chi connectivity index (χ1n) is 5.15. The molecule has 1 saturated heterocycles. The smallest absolute Gasteiger partial charge is 0.216 e. The van der Waals surface area contributed by atoms with Crippen LogP contribution in [0.4, 0.5) is 5.88 Å². The molecule has 0 atom stereocenters. The summed E-state index contributed by atoms with van der Waals surface area (Å²) in [6, 6.07) is 3.54. The van der Waals surface area contributed by atoms with E-state index in [1.54, 1.807) is 6.07 Å². The average Bonchev–Trinajstić information content (AvgIpc) is 2.61. The highest BCUT2D eigenvalue weighted by Gasteiger charge is 2.21. The number of hydrogen-bond donors (Lipinski definition) is 0. The lowest BCUT2D eigenvalue weighted by atomic mass is 9.99. The molecule has 80 valence electrons. The van der Waals surface area contributed by atoms with Crippen LogP contribution < -0.4 is 4.90 Å². The van der Waals surface area contributed by atoms with E-state index in [1.165, 1.54) is 0 Å². The number of anilines is 1. The highest BCUT2D eigenvalue weighted by Crippen LogP contribution is 2.32. The van der Waals surface area contributed by atoms with Gasteiger partial charge in [0.25, 0.3) is 0 Å². The van der Waals surface area contributed by atoms with Crippen LogP contribution in [-0.2, 0) is 0 Å². The molecule has 0 bridgehead atoms. The second-order valence-electron chi connectivity index (χ2n) is 4.05. The molecular formula is C11H13ClN2O. The summed E-state index contributed by atoms with van der Waals surface area (Å²) in [6.07, 6.45) is 2.30. The zero-order chi connectivity index (χ0) is 10.8. The molecule has 0 aromatic carbocycles. The molecule has 0 unspecified atom stereocenters. The van der Waals surface area contributed by atoms with E-state index in [9.17, 15) is 0 Å². The van der Waals surface area contributed by atoms with Crippen molar-refractivity contribution in [3.8, 4) is 6.07 Å². The van der Waals surface area contributed by atoms with E-state index in [0.717, 1.165) is 31.8 Å². The van der Waals surface area contributed by atoms with Crippen molar-refractivity contribution >= 4 is 17.5 Å². The predicted molar refractivity (Wildman–Crippen MR) is 59.0 cm³/mol. The zero-order valence-electron chi connectivity index (χ0n) is 8.66. The monoisotopic (exact) mass is 224 g/mol. The molecule has 0 N–H and O–H groups in total. The minimum atomic E-state index is 0.286. The second kappa shape index (κ2) is 4.16. The van der Waals surface area contributed by atoms with Crippen molar-refractivity contribution in [3.05, 3.63) is 16.8 Å². The van der Waals surface area contributed by atoms with Crippen molar-refractivity contribution in [3.63, 3.8) is 0 Å². The molecule has 0 amide bonds. The van der Waals surface area contributed by atoms with Crippen LogP contribution in [0.3, 0.4) is 0 Å². The van der Waals surface area contributed by atoms with Crippen LogP contribution in [0.1, 0.15) is 25.5 Å². The summed E-state index contributed by atoms with van der Waals surface area (Å²) < 4.78 is 5.37. The molecule has 0 spiro atoms. The van der Waals surface area contributed by atoms with Gasteiger partial charge in [0.05, 0.1) is 0 Å². The number of nitriles is 1. The Balaban J connectivity index is 2.16. The van der Waals surface area contributed by atoms with Gasteiger partial charge in [-0.2, -0.15) is 5.26 Å². The van der Waals surface area contributed by atoms with E-state index in [0.29, 0.717) is 10.9 Å². The molecular weight excluding hydrogens is 212 g/mol. The van der Waals surface area contributed by atoms with Crippen molar-refractivity contribution in [1.29, 1.82) is 5.26 Å². The van der Waals surface area contributed by atoms with Crippen LogP contribution in [0.15, 0.2) is 10.5 Å². The van der Waals surface area contributed by atoms with Gasteiger partial charge in [-0.3, -0.25) is 0 Å². The number of hydrogen-bond acceptors (Lipinski definition) is 3. The van der Waals surface area contributed by atoms with Crippen LogP contribution in [0, 0.1) is 17.2 Å². The standard InChI is InChI=1S/C11H13ClN2O/c1-8-2-4-14(5-3-8)11-10(12)6-9(7-13)15-11/h6,8H,2-5H2,1H3. The quantitative estimate of drug-likeness (QED) is 0.736. The number of piperidine rings is 1. The third-order valence-electron chi connectivity index (χ3n) is 2.85. The van der Waals surface area contributed by atoms with Crippen molar-refractivity contribution in [2.45, 2.75) is 19.8 Å². The SMILES string of the molecule is CC1CCN(c2oc(C#N)cc2Cl)CC1. The number of furan rings is 1. The molecule has 0 saturated carbocycles. The van der Waals surface area contributed by atoms with E-state index in [-0.39, 0.29) is 5.76 Å². The van der Waals surface area contributed by atoms with Crippen molar-refractivity contribution in [1.82, 2.24) is 0 Å². The summed E-state index contributed by atoms with van der Waals surface area (Å²) in [5.41, 5.74) is 0. The van der Waals surface area contributed by atoms with Crippen LogP contribution >= 0.6 is 11.6 Å². The minimum Gasteiger partial charge on any atom is -0.428 e. The zero-order valence-corrected chi connectivity index (χ0v) is 9.42. The molecule has 1 aromatic heterocycles. The molecule has 15 heavy (non-hydrogen) atoms. The molecule has 1 aliphatic heterocycles. The first kappa shape index (κ1) is 10.4. The second-order valence-corrected chi connectivity index (χ2v) is 4.45.